The van der Waals surface area contributed by atoms with Crippen molar-refractivity contribution in [3.8, 4) is 17.2 Å². The lowest BCUT2D eigenvalue weighted by Gasteiger charge is -2.24. The first-order chi connectivity index (χ1) is 18.8. The smallest absolute Gasteiger partial charge is 0.251 e. The summed E-state index contributed by atoms with van der Waals surface area (Å²) >= 11 is 0. The van der Waals surface area contributed by atoms with Crippen molar-refractivity contribution < 1.29 is 33.7 Å². The topological polar surface area (TPSA) is 123 Å². The molecule has 0 saturated carbocycles. The van der Waals surface area contributed by atoms with Crippen molar-refractivity contribution in [2.75, 3.05) is 21.3 Å². The number of methoxy groups -OCH3 is 3. The van der Waals surface area contributed by atoms with E-state index in [9.17, 15) is 19.5 Å². The fourth-order valence-electron chi connectivity index (χ4n) is 4.00. The van der Waals surface area contributed by atoms with Crippen LogP contribution in [0.4, 0.5) is 0 Å². The maximum absolute atomic E-state index is 12.8. The van der Waals surface area contributed by atoms with Gasteiger partial charge in [0.2, 0.25) is 5.91 Å². The number of Topliss-reactive ketones (excluding diaryl/α,β-unsaturated/α-hetero) is 1. The van der Waals surface area contributed by atoms with E-state index in [1.54, 1.807) is 37.4 Å². The molecule has 0 unspecified atom stereocenters. The molecule has 3 aromatic rings. The number of nitrogens with one attached hydrogen (secondary N) is 2. The van der Waals surface area contributed by atoms with E-state index in [-0.39, 0.29) is 31.6 Å². The minimum absolute atomic E-state index is 0.0901. The number of benzene rings is 3. The molecule has 0 aliphatic carbocycles. The Kier molecular flexibility index (Phi) is 10.9. The van der Waals surface area contributed by atoms with Crippen LogP contribution in [0, 0.1) is 0 Å². The molecule has 0 aliphatic rings. The highest BCUT2D eigenvalue weighted by Crippen LogP contribution is 2.25. The Morgan fingerprint density at radius 1 is 0.795 bits per heavy atom. The van der Waals surface area contributed by atoms with E-state index in [1.807, 2.05) is 42.5 Å². The average molecular weight is 535 g/mol. The Morgan fingerprint density at radius 2 is 1.46 bits per heavy atom. The molecule has 0 aromatic heterocycles. The summed E-state index contributed by atoms with van der Waals surface area (Å²) in [6.45, 7) is 0.197. The quantitative estimate of drug-likeness (QED) is 0.272. The Morgan fingerprint density at radius 3 is 2.10 bits per heavy atom. The number of rotatable bonds is 14. The van der Waals surface area contributed by atoms with Crippen molar-refractivity contribution in [2.24, 2.45) is 0 Å². The summed E-state index contributed by atoms with van der Waals surface area (Å²) in [5, 5.41) is 16.3. The number of carbonyl (C=O) groups excluding carboxylic acids is 3. The standard InChI is InChI=1S/C30H34N2O7/c1-37-22-11-9-21(10-12-22)19-31-30(36)29(35)25(17-20-7-5-4-6-8-20)32-28(34)16-14-26(33)24-18-23(38-2)13-15-27(24)39-3/h4-13,15,18,25,29,35H,14,16-17,19H2,1-3H3,(H,31,36)(H,32,34)/t25-,29+/m0/s1. The predicted molar refractivity (Wildman–Crippen MR) is 146 cm³/mol. The van der Waals surface area contributed by atoms with Crippen LogP contribution in [0.5, 0.6) is 17.2 Å². The first-order valence-electron chi connectivity index (χ1n) is 12.5. The first kappa shape index (κ1) is 29.2. The zero-order valence-electron chi connectivity index (χ0n) is 22.3. The van der Waals surface area contributed by atoms with Gasteiger partial charge in [-0.25, -0.2) is 0 Å². The number of hydrogen-bond acceptors (Lipinski definition) is 7. The van der Waals surface area contributed by atoms with E-state index in [4.69, 9.17) is 14.2 Å². The van der Waals surface area contributed by atoms with Crippen molar-refractivity contribution in [3.05, 3.63) is 89.5 Å². The minimum Gasteiger partial charge on any atom is -0.497 e. The van der Waals surface area contributed by atoms with E-state index in [2.05, 4.69) is 10.6 Å². The summed E-state index contributed by atoms with van der Waals surface area (Å²) in [7, 11) is 4.52. The van der Waals surface area contributed by atoms with Crippen LogP contribution in [-0.4, -0.2) is 56.2 Å². The molecule has 0 saturated heterocycles. The monoisotopic (exact) mass is 534 g/mol. The number of hydrogen-bond donors (Lipinski definition) is 3. The van der Waals surface area contributed by atoms with Gasteiger partial charge in [0.15, 0.2) is 11.9 Å². The summed E-state index contributed by atoms with van der Waals surface area (Å²) in [5.74, 6) is 0.192. The third kappa shape index (κ3) is 8.58. The lowest BCUT2D eigenvalue weighted by Crippen LogP contribution is -2.51. The van der Waals surface area contributed by atoms with Gasteiger partial charge in [0.05, 0.1) is 32.9 Å². The number of ether oxygens (including phenoxy) is 3. The lowest BCUT2D eigenvalue weighted by molar-refractivity contribution is -0.132. The molecular weight excluding hydrogens is 500 g/mol. The van der Waals surface area contributed by atoms with Crippen LogP contribution in [0.15, 0.2) is 72.8 Å². The largest absolute Gasteiger partial charge is 0.497 e. The summed E-state index contributed by atoms with van der Waals surface area (Å²) in [6.07, 6.45) is -1.51. The molecule has 0 fully saturated rings. The summed E-state index contributed by atoms with van der Waals surface area (Å²) in [6, 6.07) is 20.4. The first-order valence-corrected chi connectivity index (χ1v) is 12.5. The van der Waals surface area contributed by atoms with Gasteiger partial charge in [-0.3, -0.25) is 14.4 Å². The highest BCUT2D eigenvalue weighted by atomic mass is 16.5. The molecule has 39 heavy (non-hydrogen) atoms. The second kappa shape index (κ2) is 14.5. The third-order valence-electron chi connectivity index (χ3n) is 6.21. The Labute approximate surface area is 228 Å². The Balaban J connectivity index is 1.64. The number of ketones is 1. The van der Waals surface area contributed by atoms with Gasteiger partial charge in [-0.2, -0.15) is 0 Å². The van der Waals surface area contributed by atoms with Crippen molar-refractivity contribution in [1.82, 2.24) is 10.6 Å². The molecule has 3 rings (SSSR count). The highest BCUT2D eigenvalue weighted by Gasteiger charge is 2.28. The lowest BCUT2D eigenvalue weighted by atomic mass is 9.99. The average Bonchev–Trinajstić information content (AvgIpc) is 2.98. The minimum atomic E-state index is -1.51. The molecule has 2 amide bonds. The van der Waals surface area contributed by atoms with Gasteiger partial charge in [0.25, 0.3) is 5.91 Å². The second-order valence-electron chi connectivity index (χ2n) is 8.86. The van der Waals surface area contributed by atoms with Gasteiger partial charge < -0.3 is 30.0 Å². The van der Waals surface area contributed by atoms with Gasteiger partial charge in [0.1, 0.15) is 17.2 Å². The highest BCUT2D eigenvalue weighted by molar-refractivity contribution is 6.00. The second-order valence-corrected chi connectivity index (χ2v) is 8.86. The van der Waals surface area contributed by atoms with Crippen molar-refractivity contribution in [3.63, 3.8) is 0 Å². The normalized spacial score (nSPS) is 12.1. The van der Waals surface area contributed by atoms with Gasteiger partial charge in [-0.15, -0.1) is 0 Å². The molecule has 3 aromatic carbocycles. The van der Waals surface area contributed by atoms with Crippen LogP contribution in [0.2, 0.25) is 0 Å². The number of aliphatic hydroxyl groups excluding tert-OH is 1. The van der Waals surface area contributed by atoms with Crippen molar-refractivity contribution >= 4 is 17.6 Å². The fourth-order valence-corrected chi connectivity index (χ4v) is 4.00. The van der Waals surface area contributed by atoms with E-state index in [1.165, 1.54) is 14.2 Å². The molecule has 206 valence electrons. The van der Waals surface area contributed by atoms with E-state index >= 15 is 0 Å². The predicted octanol–water partition coefficient (Wildman–Crippen LogP) is 3.08. The molecule has 0 aliphatic heterocycles. The molecule has 0 spiro atoms. The van der Waals surface area contributed by atoms with Gasteiger partial charge in [0, 0.05) is 19.4 Å². The number of aliphatic hydroxyl groups is 1. The maximum atomic E-state index is 12.8. The molecule has 3 N–H and O–H groups in total. The van der Waals surface area contributed by atoms with Gasteiger partial charge in [-0.05, 0) is 47.9 Å². The fraction of sp³-hybridized carbons (Fsp3) is 0.300. The number of amides is 2. The van der Waals surface area contributed by atoms with Crippen LogP contribution in [0.25, 0.3) is 0 Å². The van der Waals surface area contributed by atoms with Gasteiger partial charge >= 0.3 is 0 Å². The van der Waals surface area contributed by atoms with Crippen molar-refractivity contribution in [2.45, 2.75) is 38.0 Å². The third-order valence-corrected chi connectivity index (χ3v) is 6.21. The van der Waals surface area contributed by atoms with Crippen LogP contribution in [0.1, 0.15) is 34.3 Å². The molecule has 9 nitrogen and oxygen atoms in total. The summed E-state index contributed by atoms with van der Waals surface area (Å²) in [4.78, 5) is 38.5. The zero-order valence-corrected chi connectivity index (χ0v) is 22.3. The SMILES string of the molecule is COc1ccc(CNC(=O)[C@H](O)[C@H](Cc2ccccc2)NC(=O)CCC(=O)c2cc(OC)ccc2OC)cc1. The van der Waals surface area contributed by atoms with Crippen LogP contribution < -0.4 is 24.8 Å². The van der Waals surface area contributed by atoms with Crippen LogP contribution >= 0.6 is 0 Å². The van der Waals surface area contributed by atoms with E-state index in [0.29, 0.717) is 22.8 Å². The molecular formula is C30H34N2O7. The van der Waals surface area contributed by atoms with Gasteiger partial charge in [-0.1, -0.05) is 42.5 Å². The molecule has 2 atom stereocenters. The molecule has 9 heteroatoms. The molecule has 0 radical (unpaired) electrons. The molecule has 0 bridgehead atoms. The van der Waals surface area contributed by atoms with Crippen molar-refractivity contribution in [1.29, 1.82) is 0 Å². The Hall–Kier alpha value is -4.37. The summed E-state index contributed by atoms with van der Waals surface area (Å²) < 4.78 is 15.6. The van der Waals surface area contributed by atoms with Crippen LogP contribution in [-0.2, 0) is 22.6 Å². The maximum Gasteiger partial charge on any atom is 0.251 e. The van der Waals surface area contributed by atoms with E-state index < -0.39 is 24.0 Å². The summed E-state index contributed by atoms with van der Waals surface area (Å²) in [5.41, 5.74) is 1.97. The Bertz CT molecular complexity index is 1250. The van der Waals surface area contributed by atoms with Crippen LogP contribution in [0.3, 0.4) is 0 Å². The molecule has 0 heterocycles. The number of carbonyl (C=O) groups is 3. The zero-order chi connectivity index (χ0) is 28.2. The van der Waals surface area contributed by atoms with E-state index in [0.717, 1.165) is 11.1 Å².